The van der Waals surface area contributed by atoms with Crippen LogP contribution in [-0.4, -0.2) is 8.35 Å². The quantitative estimate of drug-likeness (QED) is 0.399. The van der Waals surface area contributed by atoms with E-state index in [-0.39, 0.29) is 0 Å². The highest BCUT2D eigenvalue weighted by molar-refractivity contribution is 14.1. The Bertz CT molecular complexity index is 129. The van der Waals surface area contributed by atoms with E-state index in [0.29, 0.717) is 0 Å². The van der Waals surface area contributed by atoms with Crippen LogP contribution in [0.1, 0.15) is 25.7 Å². The molecule has 1 aliphatic carbocycles. The van der Waals surface area contributed by atoms with Gasteiger partial charge in [-0.25, -0.2) is 0 Å². The van der Waals surface area contributed by atoms with Crippen LogP contribution in [0.4, 0.5) is 0 Å². The van der Waals surface area contributed by atoms with Crippen LogP contribution >= 0.6 is 45.2 Å². The summed E-state index contributed by atoms with van der Waals surface area (Å²) in [7, 11) is 0. The molecule has 1 rings (SSSR count). The minimum absolute atomic E-state index is 0.804. The molecule has 0 heterocycles. The first kappa shape index (κ1) is 9.29. The van der Waals surface area contributed by atoms with Crippen LogP contribution in [0.5, 0.6) is 0 Å². The molecule has 0 bridgehead atoms. The third-order valence-corrected chi connectivity index (χ3v) is 5.67. The van der Waals surface area contributed by atoms with Gasteiger partial charge in [-0.05, 0) is 25.7 Å². The highest BCUT2D eigenvalue weighted by atomic mass is 127. The average Bonchev–Trinajstić information content (AvgIpc) is 2.05. The predicted octanol–water partition coefficient (Wildman–Crippen LogP) is 3.73. The van der Waals surface area contributed by atoms with Crippen LogP contribution in [0, 0.1) is 0 Å². The lowest BCUT2D eigenvalue weighted by molar-refractivity contribution is 0.692. The van der Waals surface area contributed by atoms with Gasteiger partial charge >= 0.3 is 0 Å². The van der Waals surface area contributed by atoms with Crippen molar-refractivity contribution in [1.82, 2.24) is 0 Å². The molecule has 10 heavy (non-hydrogen) atoms. The van der Waals surface area contributed by atoms with E-state index < -0.39 is 0 Å². The summed E-state index contributed by atoms with van der Waals surface area (Å²) in [5, 5.41) is 0. The normalized spacial score (nSPS) is 22.0. The minimum Gasteiger partial charge on any atom is -0.0849 e. The maximum Gasteiger partial charge on any atom is 0.0408 e. The van der Waals surface area contributed by atoms with Gasteiger partial charge in [0.05, 0.1) is 0 Å². The van der Waals surface area contributed by atoms with E-state index in [1.807, 2.05) is 0 Å². The minimum atomic E-state index is 0.804. The van der Waals surface area contributed by atoms with Gasteiger partial charge in [0, 0.05) is 8.35 Å². The Morgan fingerprint density at radius 1 is 1.50 bits per heavy atom. The highest BCUT2D eigenvalue weighted by Gasteiger charge is 2.10. The van der Waals surface area contributed by atoms with Crippen molar-refractivity contribution in [3.8, 4) is 0 Å². The van der Waals surface area contributed by atoms with Crippen LogP contribution in [0.3, 0.4) is 0 Å². The molecule has 0 radical (unpaired) electrons. The summed E-state index contributed by atoms with van der Waals surface area (Å²) in [5.74, 6) is 0. The van der Waals surface area contributed by atoms with E-state index in [0.717, 1.165) is 3.92 Å². The largest absolute Gasteiger partial charge is 0.0849 e. The number of halogens is 2. The lowest BCUT2D eigenvalue weighted by Crippen LogP contribution is -2.06. The Hall–Kier alpha value is 1.20. The summed E-state index contributed by atoms with van der Waals surface area (Å²) in [6, 6.07) is 0. The smallest absolute Gasteiger partial charge is 0.0408 e. The Kier molecular flexibility index (Phi) is 4.60. The molecule has 0 saturated carbocycles. The first-order valence-electron chi connectivity index (χ1n) is 3.73. The molecule has 0 aromatic heterocycles. The molecule has 0 nitrogen and oxygen atoms in total. The summed E-state index contributed by atoms with van der Waals surface area (Å²) >= 11 is 5.02. The molecule has 0 aliphatic heterocycles. The van der Waals surface area contributed by atoms with Gasteiger partial charge in [0.25, 0.3) is 0 Å². The molecule has 2 heteroatoms. The zero-order valence-corrected chi connectivity index (χ0v) is 10.3. The summed E-state index contributed by atoms with van der Waals surface area (Å²) in [4.78, 5) is 0. The highest BCUT2D eigenvalue weighted by Crippen LogP contribution is 2.25. The SMILES string of the molecule is IC[C@@H](I)C1=CCCCC1. The summed E-state index contributed by atoms with van der Waals surface area (Å²) in [6.45, 7) is 0. The van der Waals surface area contributed by atoms with E-state index in [2.05, 4.69) is 51.3 Å². The topological polar surface area (TPSA) is 0 Å². The molecule has 0 aromatic rings. The molecule has 1 atom stereocenters. The van der Waals surface area contributed by atoms with Crippen molar-refractivity contribution in [3.05, 3.63) is 11.6 Å². The van der Waals surface area contributed by atoms with Gasteiger partial charge in [-0.2, -0.15) is 0 Å². The van der Waals surface area contributed by atoms with Gasteiger partial charge in [0.15, 0.2) is 0 Å². The fourth-order valence-electron chi connectivity index (χ4n) is 1.25. The standard InChI is InChI=1S/C8H12I2/c9-6-8(10)7-4-2-1-3-5-7/h4,8H,1-3,5-6H2/t8-/m1/s1. The number of hydrogen-bond acceptors (Lipinski definition) is 0. The molecular weight excluding hydrogens is 350 g/mol. The third kappa shape index (κ3) is 2.68. The molecule has 0 aromatic carbocycles. The van der Waals surface area contributed by atoms with Gasteiger partial charge in [-0.15, -0.1) is 0 Å². The number of alkyl halides is 2. The molecule has 1 aliphatic rings. The molecule has 0 saturated heterocycles. The second kappa shape index (κ2) is 4.95. The van der Waals surface area contributed by atoms with Gasteiger partial charge in [-0.1, -0.05) is 56.8 Å². The van der Waals surface area contributed by atoms with E-state index in [1.165, 1.54) is 30.1 Å². The third-order valence-electron chi connectivity index (χ3n) is 1.86. The van der Waals surface area contributed by atoms with E-state index in [1.54, 1.807) is 5.57 Å². The van der Waals surface area contributed by atoms with Crippen molar-refractivity contribution in [2.24, 2.45) is 0 Å². The Balaban J connectivity index is 2.44. The van der Waals surface area contributed by atoms with Crippen molar-refractivity contribution in [1.29, 1.82) is 0 Å². The Labute approximate surface area is 90.1 Å². The van der Waals surface area contributed by atoms with Crippen molar-refractivity contribution >= 4 is 45.2 Å². The van der Waals surface area contributed by atoms with E-state index >= 15 is 0 Å². The predicted molar refractivity (Wildman–Crippen MR) is 63.2 cm³/mol. The van der Waals surface area contributed by atoms with Crippen LogP contribution in [0.25, 0.3) is 0 Å². The van der Waals surface area contributed by atoms with Crippen LogP contribution in [-0.2, 0) is 0 Å². The number of rotatable bonds is 2. The molecular formula is C8H12I2. The van der Waals surface area contributed by atoms with Crippen LogP contribution in [0.15, 0.2) is 11.6 Å². The second-order valence-electron chi connectivity index (χ2n) is 2.65. The monoisotopic (exact) mass is 362 g/mol. The summed E-state index contributed by atoms with van der Waals surface area (Å²) in [6.07, 6.45) is 7.96. The number of allylic oxidation sites excluding steroid dienone is 2. The fraction of sp³-hybridized carbons (Fsp3) is 0.750. The van der Waals surface area contributed by atoms with Gasteiger partial charge in [0.2, 0.25) is 0 Å². The molecule has 0 N–H and O–H groups in total. The maximum atomic E-state index is 2.55. The van der Waals surface area contributed by atoms with Gasteiger partial charge in [0.1, 0.15) is 0 Å². The second-order valence-corrected chi connectivity index (χ2v) is 5.03. The molecule has 0 spiro atoms. The average molecular weight is 362 g/mol. The molecule has 0 amide bonds. The summed E-state index contributed by atoms with van der Waals surface area (Å²) < 4.78 is 2.07. The Morgan fingerprint density at radius 3 is 2.80 bits per heavy atom. The molecule has 58 valence electrons. The van der Waals surface area contributed by atoms with Crippen LogP contribution in [0.2, 0.25) is 0 Å². The van der Waals surface area contributed by atoms with Crippen molar-refractivity contribution in [2.45, 2.75) is 29.6 Å². The summed E-state index contributed by atoms with van der Waals surface area (Å²) in [5.41, 5.74) is 1.70. The first-order valence-corrected chi connectivity index (χ1v) is 6.50. The lowest BCUT2D eigenvalue weighted by atomic mass is 9.98. The maximum absolute atomic E-state index is 2.55. The Morgan fingerprint density at radius 2 is 2.30 bits per heavy atom. The fourth-order valence-corrected chi connectivity index (χ4v) is 2.38. The zero-order chi connectivity index (χ0) is 7.40. The zero-order valence-electron chi connectivity index (χ0n) is 5.95. The van der Waals surface area contributed by atoms with Gasteiger partial charge in [-0.3, -0.25) is 0 Å². The van der Waals surface area contributed by atoms with Crippen molar-refractivity contribution < 1.29 is 0 Å². The molecule has 0 unspecified atom stereocenters. The van der Waals surface area contributed by atoms with E-state index in [4.69, 9.17) is 0 Å². The van der Waals surface area contributed by atoms with Crippen molar-refractivity contribution in [2.75, 3.05) is 4.43 Å². The van der Waals surface area contributed by atoms with Crippen LogP contribution < -0.4 is 0 Å². The molecule has 0 fully saturated rings. The van der Waals surface area contributed by atoms with E-state index in [9.17, 15) is 0 Å². The lowest BCUT2D eigenvalue weighted by Gasteiger charge is -2.15. The van der Waals surface area contributed by atoms with Gasteiger partial charge < -0.3 is 0 Å². The number of hydrogen-bond donors (Lipinski definition) is 0. The van der Waals surface area contributed by atoms with Crippen molar-refractivity contribution in [3.63, 3.8) is 0 Å². The first-order chi connectivity index (χ1) is 4.84.